The monoisotopic (exact) mass is 820 g/mol. The number of aliphatic imine (C=N–C) groups is 1. The van der Waals surface area contributed by atoms with Crippen molar-refractivity contribution in [2.75, 3.05) is 13.1 Å². The highest BCUT2D eigenvalue weighted by Crippen LogP contribution is 2.21. The van der Waals surface area contributed by atoms with Gasteiger partial charge >= 0.3 is 0 Å². The third kappa shape index (κ3) is 12.6. The number of hydrogen-bond donors (Lipinski definition) is 10. The van der Waals surface area contributed by atoms with Gasteiger partial charge in [-0.1, -0.05) is 67.6 Å². The largest absolute Gasteiger partial charge is 0.370 e. The van der Waals surface area contributed by atoms with Crippen molar-refractivity contribution in [3.8, 4) is 0 Å². The van der Waals surface area contributed by atoms with E-state index in [0.29, 0.717) is 17.7 Å². The lowest BCUT2D eigenvalue weighted by atomic mass is 9.97. The first-order valence-corrected chi connectivity index (χ1v) is 19.7. The van der Waals surface area contributed by atoms with Crippen LogP contribution >= 0.6 is 0 Å². The number of nitrogens with two attached hydrogens (primary N) is 3. The topological polar surface area (TPSA) is 297 Å². The van der Waals surface area contributed by atoms with Gasteiger partial charge in [-0.05, 0) is 47.2 Å². The number of guanidine groups is 1. The Bertz CT molecular complexity index is 2300. The molecule has 0 spiro atoms. The van der Waals surface area contributed by atoms with Crippen LogP contribution < -0.4 is 43.8 Å². The first kappa shape index (κ1) is 43.9. The number of H-pyrrole nitrogens is 2. The minimum absolute atomic E-state index is 0.0136. The summed E-state index contributed by atoms with van der Waals surface area (Å²) in [5.74, 6) is -4.00. The molecule has 6 amide bonds. The lowest BCUT2D eigenvalue weighted by Gasteiger charge is -2.27. The Kier molecular flexibility index (Phi) is 15.7. The van der Waals surface area contributed by atoms with Crippen molar-refractivity contribution in [1.29, 1.82) is 0 Å². The molecule has 3 aromatic carbocycles. The summed E-state index contributed by atoms with van der Waals surface area (Å²) in [6.07, 6.45) is 5.84. The van der Waals surface area contributed by atoms with Crippen LogP contribution in [0.2, 0.25) is 0 Å². The van der Waals surface area contributed by atoms with Crippen molar-refractivity contribution in [3.05, 3.63) is 102 Å². The van der Waals surface area contributed by atoms with Gasteiger partial charge in [0, 0.05) is 61.2 Å². The number of aromatic amines is 2. The third-order valence-electron chi connectivity index (χ3n) is 9.79. The number of nitrogens with zero attached hydrogens (tertiary/aromatic N) is 2. The first-order valence-electron chi connectivity index (χ1n) is 19.7. The summed E-state index contributed by atoms with van der Waals surface area (Å²) in [5.41, 5.74) is 19.2. The lowest BCUT2D eigenvalue weighted by Crippen LogP contribution is -2.59. The van der Waals surface area contributed by atoms with Gasteiger partial charge < -0.3 is 53.8 Å². The Balaban J connectivity index is 1.45. The zero-order valence-corrected chi connectivity index (χ0v) is 33.3. The number of para-hydroxylation sites is 1. The van der Waals surface area contributed by atoms with Crippen LogP contribution in [0.1, 0.15) is 49.4 Å². The fourth-order valence-corrected chi connectivity index (χ4v) is 6.84. The van der Waals surface area contributed by atoms with Gasteiger partial charge in [-0.2, -0.15) is 0 Å². The quantitative estimate of drug-likeness (QED) is 0.0263. The molecule has 5 rings (SSSR count). The normalized spacial score (nSPS) is 13.0. The van der Waals surface area contributed by atoms with E-state index in [4.69, 9.17) is 17.2 Å². The minimum Gasteiger partial charge on any atom is -0.370 e. The van der Waals surface area contributed by atoms with E-state index in [0.717, 1.165) is 27.2 Å². The molecule has 4 atom stereocenters. The van der Waals surface area contributed by atoms with Crippen LogP contribution in [0, 0.1) is 0 Å². The molecular formula is C42H52N12O6. The zero-order valence-electron chi connectivity index (χ0n) is 33.3. The van der Waals surface area contributed by atoms with Gasteiger partial charge in [0.25, 0.3) is 0 Å². The number of carbonyl (C=O) groups is 6. The van der Waals surface area contributed by atoms with Gasteiger partial charge in [0.1, 0.15) is 24.2 Å². The van der Waals surface area contributed by atoms with E-state index in [1.807, 2.05) is 73.7 Å². The average Bonchev–Trinajstić information content (AvgIpc) is 3.90. The van der Waals surface area contributed by atoms with Gasteiger partial charge in [0.2, 0.25) is 35.4 Å². The van der Waals surface area contributed by atoms with Crippen molar-refractivity contribution in [2.24, 2.45) is 22.2 Å². The van der Waals surface area contributed by atoms with Gasteiger partial charge in [0.15, 0.2) is 5.96 Å². The molecule has 0 aliphatic heterocycles. The summed E-state index contributed by atoms with van der Waals surface area (Å²) in [6, 6.07) is 15.9. The molecule has 1 unspecified atom stereocenters. The lowest BCUT2D eigenvalue weighted by molar-refractivity contribution is -0.134. The smallest absolute Gasteiger partial charge is 0.243 e. The van der Waals surface area contributed by atoms with Crippen LogP contribution in [0.4, 0.5) is 0 Å². The Morgan fingerprint density at radius 1 is 0.700 bits per heavy atom. The average molecular weight is 821 g/mol. The molecule has 0 radical (unpaired) electrons. The van der Waals surface area contributed by atoms with Crippen molar-refractivity contribution in [3.63, 3.8) is 0 Å². The number of aromatic nitrogens is 3. The third-order valence-corrected chi connectivity index (χ3v) is 9.79. The Labute approximate surface area is 346 Å². The maximum atomic E-state index is 14.5. The highest BCUT2D eigenvalue weighted by Gasteiger charge is 2.32. The van der Waals surface area contributed by atoms with Gasteiger partial charge in [-0.25, -0.2) is 4.98 Å². The van der Waals surface area contributed by atoms with Crippen LogP contribution in [0.5, 0.6) is 0 Å². The highest BCUT2D eigenvalue weighted by atomic mass is 16.2. The molecule has 0 aliphatic carbocycles. The van der Waals surface area contributed by atoms with Crippen LogP contribution in [0.3, 0.4) is 0 Å². The van der Waals surface area contributed by atoms with E-state index in [9.17, 15) is 28.8 Å². The molecule has 13 N–H and O–H groups in total. The van der Waals surface area contributed by atoms with Crippen LogP contribution in [0.15, 0.2) is 90.4 Å². The number of benzene rings is 3. The number of carbonyl (C=O) groups excluding carboxylic acids is 6. The molecule has 0 fully saturated rings. The van der Waals surface area contributed by atoms with E-state index in [2.05, 4.69) is 46.5 Å². The highest BCUT2D eigenvalue weighted by molar-refractivity contribution is 5.97. The summed E-state index contributed by atoms with van der Waals surface area (Å²) in [5, 5.41) is 16.3. The number of rotatable bonds is 22. The predicted octanol–water partition coefficient (Wildman–Crippen LogP) is 0.467. The summed E-state index contributed by atoms with van der Waals surface area (Å²) < 4.78 is 0. The molecule has 0 saturated carbocycles. The second kappa shape index (κ2) is 21.5. The minimum atomic E-state index is -1.25. The molecule has 18 nitrogen and oxygen atoms in total. The van der Waals surface area contributed by atoms with Crippen LogP contribution in [0.25, 0.3) is 21.7 Å². The molecule has 0 aliphatic rings. The SMILES string of the molecule is CCCC(=O)N[C@@H](Cc1cnc[nH]1)C(=O)NC(Cc1cccc2ccccc12)C(=O)N[C@@H](CCCN=C(N)N)C(=O)N[C@@H](Cc1c[nH]c2ccccc12)C(=O)NCC(N)=O. The Morgan fingerprint density at radius 2 is 1.33 bits per heavy atom. The molecular weight excluding hydrogens is 769 g/mol. The van der Waals surface area contributed by atoms with E-state index in [1.54, 1.807) is 6.20 Å². The molecule has 18 heteroatoms. The summed E-state index contributed by atoms with van der Waals surface area (Å²) in [7, 11) is 0. The summed E-state index contributed by atoms with van der Waals surface area (Å²) in [6.45, 7) is 1.51. The standard InChI is InChI=1S/C42H52N12O6/c1-2-9-37(56)51-35(20-28-22-46-24-50-28)41(60)54-34(18-26-12-7-11-25-10-3-4-13-29(25)26)40(59)52-32(16-8-17-47-42(44)45)39(58)53-33(38(57)49-23-36(43)55)19-27-21-48-31-15-6-5-14-30(27)31/h3-7,10-15,21-22,24,32-35,48H,2,8-9,16-20,23H2,1H3,(H2,43,55)(H,46,50)(H,49,57)(H,51,56)(H,52,59)(H,53,58)(H,54,60)(H4,44,45,47)/t32-,33-,34?,35-/m0/s1. The molecule has 2 aromatic heterocycles. The van der Waals surface area contributed by atoms with Crippen LogP contribution in [-0.2, 0) is 48.0 Å². The molecule has 60 heavy (non-hydrogen) atoms. The fourth-order valence-electron chi connectivity index (χ4n) is 6.84. The van der Waals surface area contributed by atoms with Gasteiger partial charge in [-0.15, -0.1) is 0 Å². The maximum Gasteiger partial charge on any atom is 0.243 e. The van der Waals surface area contributed by atoms with E-state index >= 15 is 0 Å². The second-order valence-electron chi connectivity index (χ2n) is 14.4. The van der Waals surface area contributed by atoms with Gasteiger partial charge in [0.05, 0.1) is 12.9 Å². The van der Waals surface area contributed by atoms with E-state index in [1.165, 1.54) is 12.5 Å². The van der Waals surface area contributed by atoms with E-state index < -0.39 is 60.2 Å². The number of nitrogens with one attached hydrogen (secondary N) is 7. The second-order valence-corrected chi connectivity index (χ2v) is 14.4. The molecule has 0 bridgehead atoms. The van der Waals surface area contributed by atoms with Crippen LogP contribution in [-0.4, -0.2) is 93.6 Å². The number of hydrogen-bond acceptors (Lipinski definition) is 8. The van der Waals surface area contributed by atoms with Crippen molar-refractivity contribution < 1.29 is 28.8 Å². The maximum absolute atomic E-state index is 14.5. The number of primary amides is 1. The van der Waals surface area contributed by atoms with Gasteiger partial charge in [-0.3, -0.25) is 33.8 Å². The van der Waals surface area contributed by atoms with Crippen molar-refractivity contribution in [2.45, 2.75) is 76.0 Å². The summed E-state index contributed by atoms with van der Waals surface area (Å²) in [4.78, 5) is 94.9. The Morgan fingerprint density at radius 3 is 2.03 bits per heavy atom. The summed E-state index contributed by atoms with van der Waals surface area (Å²) >= 11 is 0. The molecule has 0 saturated heterocycles. The number of imidazole rings is 1. The van der Waals surface area contributed by atoms with Crippen molar-refractivity contribution in [1.82, 2.24) is 41.5 Å². The molecule has 2 heterocycles. The number of amides is 6. The Hall–Kier alpha value is -7.24. The molecule has 5 aromatic rings. The first-order chi connectivity index (χ1) is 28.9. The molecule has 316 valence electrons. The number of fused-ring (bicyclic) bond motifs is 2. The van der Waals surface area contributed by atoms with Crippen molar-refractivity contribution >= 4 is 63.1 Å². The zero-order chi connectivity index (χ0) is 43.0. The fraction of sp³-hybridized carbons (Fsp3) is 0.333. The predicted molar refractivity (Wildman–Crippen MR) is 227 cm³/mol. The van der Waals surface area contributed by atoms with E-state index in [-0.39, 0.29) is 56.9 Å².